The lowest BCUT2D eigenvalue weighted by Gasteiger charge is -2.36. The maximum atomic E-state index is 5.69. The van der Waals surface area contributed by atoms with E-state index in [-0.39, 0.29) is 6.04 Å². The van der Waals surface area contributed by atoms with Crippen LogP contribution in [0.1, 0.15) is 24.9 Å². The Kier molecular flexibility index (Phi) is 6.30. The fourth-order valence-electron chi connectivity index (χ4n) is 3.15. The zero-order valence-corrected chi connectivity index (χ0v) is 14.6. The Morgan fingerprint density at radius 2 is 1.78 bits per heavy atom. The predicted octanol–water partition coefficient (Wildman–Crippen LogP) is 2.62. The van der Waals surface area contributed by atoms with E-state index in [1.807, 2.05) is 6.07 Å². The molecule has 1 atom stereocenters. The molecule has 0 aromatic heterocycles. The molecule has 0 spiro atoms. The van der Waals surface area contributed by atoms with Crippen LogP contribution in [-0.4, -0.2) is 52.4 Å². The third-order valence-corrected chi connectivity index (χ3v) is 4.23. The van der Waals surface area contributed by atoms with Gasteiger partial charge >= 0.3 is 0 Å². The Morgan fingerprint density at radius 3 is 2.30 bits per heavy atom. The van der Waals surface area contributed by atoms with Gasteiger partial charge in [-0.25, -0.2) is 0 Å². The Bertz CT molecular complexity index is 539. The van der Waals surface area contributed by atoms with Crippen LogP contribution in [0.4, 0.5) is 0 Å². The predicted molar refractivity (Wildman–Crippen MR) is 92.7 cm³/mol. The Morgan fingerprint density at radius 1 is 1.13 bits per heavy atom. The molecule has 1 fully saturated rings. The van der Waals surface area contributed by atoms with Gasteiger partial charge in [-0.05, 0) is 25.5 Å². The molecule has 5 nitrogen and oxygen atoms in total. The summed E-state index contributed by atoms with van der Waals surface area (Å²) in [7, 11) is 4.96. The van der Waals surface area contributed by atoms with Crippen molar-refractivity contribution in [2.75, 3.05) is 47.5 Å². The molecule has 1 aromatic carbocycles. The first-order valence-corrected chi connectivity index (χ1v) is 8.00. The fourth-order valence-corrected chi connectivity index (χ4v) is 3.15. The maximum absolute atomic E-state index is 5.69. The highest BCUT2D eigenvalue weighted by atomic mass is 16.5. The van der Waals surface area contributed by atoms with Gasteiger partial charge in [0.1, 0.15) is 0 Å². The Labute approximate surface area is 139 Å². The third kappa shape index (κ3) is 3.98. The molecule has 128 valence electrons. The summed E-state index contributed by atoms with van der Waals surface area (Å²) in [5.74, 6) is 2.08. The van der Waals surface area contributed by atoms with Gasteiger partial charge < -0.3 is 19.5 Å². The first kappa shape index (κ1) is 17.6. The Balaban J connectivity index is 2.46. The van der Waals surface area contributed by atoms with Gasteiger partial charge in [0.05, 0.1) is 21.3 Å². The summed E-state index contributed by atoms with van der Waals surface area (Å²) in [6.07, 6.45) is 0.895. The van der Waals surface area contributed by atoms with E-state index in [4.69, 9.17) is 14.2 Å². The highest BCUT2D eigenvalue weighted by Gasteiger charge is 2.27. The monoisotopic (exact) mass is 320 g/mol. The van der Waals surface area contributed by atoms with Crippen LogP contribution in [0.15, 0.2) is 24.3 Å². The van der Waals surface area contributed by atoms with Crippen LogP contribution in [0.25, 0.3) is 0 Å². The van der Waals surface area contributed by atoms with Crippen LogP contribution in [-0.2, 0) is 0 Å². The number of piperazine rings is 1. The van der Waals surface area contributed by atoms with Gasteiger partial charge in [0.2, 0.25) is 5.75 Å². The number of nitrogens with one attached hydrogen (secondary N) is 1. The standard InChI is InChI=1S/C18H28N2O3/c1-13(2)12-15(20-10-8-19-9-11-20)14-6-7-16(21-3)18(23-5)17(14)22-4/h6-7,15,19H,1,8-12H2,2-5H3/t15-/m0/s1. The Hall–Kier alpha value is -1.72. The van der Waals surface area contributed by atoms with Gasteiger partial charge in [-0.3, -0.25) is 4.90 Å². The molecule has 0 bridgehead atoms. The summed E-state index contributed by atoms with van der Waals surface area (Å²) < 4.78 is 16.6. The average molecular weight is 320 g/mol. The summed E-state index contributed by atoms with van der Waals surface area (Å²) in [5.41, 5.74) is 2.28. The van der Waals surface area contributed by atoms with Crippen molar-refractivity contribution in [1.29, 1.82) is 0 Å². The molecule has 1 aromatic rings. The molecule has 1 N–H and O–H groups in total. The van der Waals surface area contributed by atoms with E-state index in [0.717, 1.165) is 49.5 Å². The number of hydrogen-bond donors (Lipinski definition) is 1. The second-order valence-electron chi connectivity index (χ2n) is 5.89. The molecule has 0 radical (unpaired) electrons. The van der Waals surface area contributed by atoms with Gasteiger partial charge in [0.15, 0.2) is 11.5 Å². The first-order valence-electron chi connectivity index (χ1n) is 8.00. The second-order valence-corrected chi connectivity index (χ2v) is 5.89. The molecular weight excluding hydrogens is 292 g/mol. The number of ether oxygens (including phenoxy) is 3. The van der Waals surface area contributed by atoms with Gasteiger partial charge in [-0.1, -0.05) is 5.57 Å². The summed E-state index contributed by atoms with van der Waals surface area (Å²) in [6.45, 7) is 10.2. The van der Waals surface area contributed by atoms with Crippen LogP contribution in [0.2, 0.25) is 0 Å². The molecule has 1 heterocycles. The number of methoxy groups -OCH3 is 3. The fraction of sp³-hybridized carbons (Fsp3) is 0.556. The summed E-state index contributed by atoms with van der Waals surface area (Å²) in [5, 5.41) is 3.40. The topological polar surface area (TPSA) is 43.0 Å². The zero-order valence-electron chi connectivity index (χ0n) is 14.6. The summed E-state index contributed by atoms with van der Waals surface area (Å²) >= 11 is 0. The van der Waals surface area contributed by atoms with E-state index in [0.29, 0.717) is 11.5 Å². The van der Waals surface area contributed by atoms with Crippen LogP contribution in [0, 0.1) is 0 Å². The lowest BCUT2D eigenvalue weighted by atomic mass is 9.96. The van der Waals surface area contributed by atoms with Crippen molar-refractivity contribution in [3.63, 3.8) is 0 Å². The summed E-state index contributed by atoms with van der Waals surface area (Å²) in [6, 6.07) is 4.25. The molecule has 1 saturated heterocycles. The third-order valence-electron chi connectivity index (χ3n) is 4.23. The highest BCUT2D eigenvalue weighted by Crippen LogP contribution is 2.44. The van der Waals surface area contributed by atoms with Crippen molar-refractivity contribution < 1.29 is 14.2 Å². The normalized spacial score (nSPS) is 16.7. The van der Waals surface area contributed by atoms with Crippen molar-refractivity contribution in [2.24, 2.45) is 0 Å². The largest absolute Gasteiger partial charge is 0.493 e. The quantitative estimate of drug-likeness (QED) is 0.782. The highest BCUT2D eigenvalue weighted by molar-refractivity contribution is 5.56. The smallest absolute Gasteiger partial charge is 0.203 e. The molecule has 0 unspecified atom stereocenters. The number of hydrogen-bond acceptors (Lipinski definition) is 5. The lowest BCUT2D eigenvalue weighted by molar-refractivity contribution is 0.168. The van der Waals surface area contributed by atoms with Gasteiger partial charge in [0, 0.05) is 37.8 Å². The van der Waals surface area contributed by atoms with E-state index in [1.54, 1.807) is 21.3 Å². The molecule has 5 heteroatoms. The number of nitrogens with zero attached hydrogens (tertiary/aromatic N) is 1. The minimum atomic E-state index is 0.226. The van der Waals surface area contributed by atoms with Gasteiger partial charge in [-0.15, -0.1) is 6.58 Å². The first-order chi connectivity index (χ1) is 11.1. The lowest BCUT2D eigenvalue weighted by Crippen LogP contribution is -2.45. The van der Waals surface area contributed by atoms with E-state index < -0.39 is 0 Å². The SMILES string of the molecule is C=C(C)C[C@@H](c1ccc(OC)c(OC)c1OC)N1CCNCC1. The van der Waals surface area contributed by atoms with Crippen molar-refractivity contribution in [2.45, 2.75) is 19.4 Å². The van der Waals surface area contributed by atoms with Crippen LogP contribution < -0.4 is 19.5 Å². The van der Waals surface area contributed by atoms with Crippen molar-refractivity contribution in [3.8, 4) is 17.2 Å². The van der Waals surface area contributed by atoms with E-state index >= 15 is 0 Å². The molecule has 1 aliphatic rings. The average Bonchev–Trinajstić information content (AvgIpc) is 2.58. The van der Waals surface area contributed by atoms with Crippen LogP contribution in [0.3, 0.4) is 0 Å². The molecule has 2 rings (SSSR count). The molecule has 0 aliphatic carbocycles. The van der Waals surface area contributed by atoms with Gasteiger partial charge in [-0.2, -0.15) is 0 Å². The van der Waals surface area contributed by atoms with Crippen LogP contribution in [0.5, 0.6) is 17.2 Å². The van der Waals surface area contributed by atoms with E-state index in [2.05, 4.69) is 29.8 Å². The van der Waals surface area contributed by atoms with E-state index in [9.17, 15) is 0 Å². The molecule has 0 amide bonds. The van der Waals surface area contributed by atoms with Crippen molar-refractivity contribution in [3.05, 3.63) is 29.8 Å². The van der Waals surface area contributed by atoms with Crippen LogP contribution >= 0.6 is 0 Å². The second kappa shape index (κ2) is 8.22. The number of rotatable bonds is 7. The molecule has 0 saturated carbocycles. The maximum Gasteiger partial charge on any atom is 0.203 e. The molecule has 1 aliphatic heterocycles. The minimum Gasteiger partial charge on any atom is -0.493 e. The zero-order chi connectivity index (χ0) is 16.8. The molecular formula is C18H28N2O3. The van der Waals surface area contributed by atoms with Crippen molar-refractivity contribution in [1.82, 2.24) is 10.2 Å². The summed E-state index contributed by atoms with van der Waals surface area (Å²) in [4.78, 5) is 2.48. The number of benzene rings is 1. The van der Waals surface area contributed by atoms with Gasteiger partial charge in [0.25, 0.3) is 0 Å². The van der Waals surface area contributed by atoms with E-state index in [1.165, 1.54) is 0 Å². The van der Waals surface area contributed by atoms with Crippen molar-refractivity contribution >= 4 is 0 Å². The minimum absolute atomic E-state index is 0.226. The molecule has 23 heavy (non-hydrogen) atoms.